The first-order valence-corrected chi connectivity index (χ1v) is 6.80. The Morgan fingerprint density at radius 2 is 2.05 bits per heavy atom. The van der Waals surface area contributed by atoms with Crippen molar-refractivity contribution in [1.29, 1.82) is 5.26 Å². The summed E-state index contributed by atoms with van der Waals surface area (Å²) in [6.07, 6.45) is 0. The van der Waals surface area contributed by atoms with Gasteiger partial charge in [0, 0.05) is 5.56 Å². The zero-order valence-corrected chi connectivity index (χ0v) is 11.5. The fourth-order valence-electron chi connectivity index (χ4n) is 2.03. The van der Waals surface area contributed by atoms with Gasteiger partial charge in [-0.05, 0) is 36.9 Å². The second-order valence-corrected chi connectivity index (χ2v) is 5.30. The Balaban J connectivity index is 2.25. The van der Waals surface area contributed by atoms with Crippen LogP contribution in [0.2, 0.25) is 0 Å². The number of hydrogen-bond donors (Lipinski definition) is 0. The second-order valence-electron chi connectivity index (χ2n) is 4.42. The molecule has 92 valence electrons. The topological polar surface area (TPSA) is 49.6 Å². The van der Waals surface area contributed by atoms with E-state index in [-0.39, 0.29) is 0 Å². The number of nitrogens with zero attached hydrogens (tertiary/aromatic N) is 3. The maximum absolute atomic E-state index is 8.96. The average molecular weight is 265 g/mol. The average Bonchev–Trinajstić information content (AvgIpc) is 2.81. The summed E-state index contributed by atoms with van der Waals surface area (Å²) in [6, 6.07) is 9.54. The third kappa shape index (κ3) is 1.98. The van der Waals surface area contributed by atoms with Gasteiger partial charge in [0.2, 0.25) is 0 Å². The quantitative estimate of drug-likeness (QED) is 0.671. The summed E-state index contributed by atoms with van der Waals surface area (Å²) in [5.41, 5.74) is 4.68. The van der Waals surface area contributed by atoms with Gasteiger partial charge in [0.05, 0.1) is 27.5 Å². The second kappa shape index (κ2) is 4.45. The monoisotopic (exact) mass is 265 g/mol. The van der Waals surface area contributed by atoms with Crippen molar-refractivity contribution in [2.75, 3.05) is 0 Å². The van der Waals surface area contributed by atoms with Crippen molar-refractivity contribution >= 4 is 21.6 Å². The van der Waals surface area contributed by atoms with Gasteiger partial charge in [0.15, 0.2) is 5.82 Å². The highest BCUT2D eigenvalue weighted by Gasteiger charge is 2.10. The zero-order chi connectivity index (χ0) is 13.4. The van der Waals surface area contributed by atoms with E-state index >= 15 is 0 Å². The van der Waals surface area contributed by atoms with E-state index in [0.29, 0.717) is 11.4 Å². The lowest BCUT2D eigenvalue weighted by Crippen LogP contribution is -1.93. The lowest BCUT2D eigenvalue weighted by molar-refractivity contribution is 1.16. The van der Waals surface area contributed by atoms with Gasteiger partial charge in [0.1, 0.15) is 0 Å². The predicted octanol–water partition coefficient (Wildman–Crippen LogP) is 3.85. The van der Waals surface area contributed by atoms with Crippen molar-refractivity contribution in [3.8, 4) is 17.5 Å². The Bertz CT molecular complexity index is 812. The summed E-state index contributed by atoms with van der Waals surface area (Å²) in [6.45, 7) is 4.05. The highest BCUT2D eigenvalue weighted by Crippen LogP contribution is 2.28. The zero-order valence-electron chi connectivity index (χ0n) is 10.6. The molecule has 0 atom stereocenters. The normalized spacial score (nSPS) is 10.6. The summed E-state index contributed by atoms with van der Waals surface area (Å²) in [7, 11) is 0. The van der Waals surface area contributed by atoms with Crippen LogP contribution in [0.25, 0.3) is 21.6 Å². The largest absolute Gasteiger partial charge is 0.232 e. The van der Waals surface area contributed by atoms with Gasteiger partial charge >= 0.3 is 0 Å². The van der Waals surface area contributed by atoms with Crippen molar-refractivity contribution < 1.29 is 0 Å². The van der Waals surface area contributed by atoms with E-state index in [1.807, 2.05) is 25.1 Å². The predicted molar refractivity (Wildman–Crippen MR) is 77.0 cm³/mol. The molecule has 0 amide bonds. The molecule has 0 aliphatic heterocycles. The van der Waals surface area contributed by atoms with E-state index in [0.717, 1.165) is 21.5 Å². The number of benzene rings is 1. The van der Waals surface area contributed by atoms with Crippen LogP contribution in [0.3, 0.4) is 0 Å². The molecule has 1 aromatic carbocycles. The summed E-state index contributed by atoms with van der Waals surface area (Å²) in [5.74, 6) is 0.684. The van der Waals surface area contributed by atoms with Crippen molar-refractivity contribution in [2.24, 2.45) is 0 Å². The van der Waals surface area contributed by atoms with Crippen LogP contribution < -0.4 is 0 Å². The molecule has 0 saturated heterocycles. The Morgan fingerprint density at radius 1 is 1.21 bits per heavy atom. The Morgan fingerprint density at radius 3 is 2.84 bits per heavy atom. The first-order chi connectivity index (χ1) is 9.19. The molecule has 0 aliphatic rings. The number of hydrogen-bond acceptors (Lipinski definition) is 4. The number of thiophene rings is 1. The molecule has 3 aromatic rings. The molecule has 0 N–H and O–H groups in total. The van der Waals surface area contributed by atoms with E-state index in [1.54, 1.807) is 17.4 Å². The van der Waals surface area contributed by atoms with Crippen LogP contribution in [0.1, 0.15) is 16.8 Å². The standard InChI is InChI=1S/C15H11N3S/c1-9-8-19-14-10(2)17-15(18-13(9)14)12-5-3-4-11(6-12)7-16/h3-6,8H,1-2H3. The Labute approximate surface area is 115 Å². The van der Waals surface area contributed by atoms with E-state index < -0.39 is 0 Å². The van der Waals surface area contributed by atoms with Gasteiger partial charge < -0.3 is 0 Å². The van der Waals surface area contributed by atoms with E-state index in [1.165, 1.54) is 5.56 Å². The third-order valence-electron chi connectivity index (χ3n) is 3.01. The van der Waals surface area contributed by atoms with Gasteiger partial charge in [0.25, 0.3) is 0 Å². The van der Waals surface area contributed by atoms with E-state index in [4.69, 9.17) is 5.26 Å². The fraction of sp³-hybridized carbons (Fsp3) is 0.133. The molecule has 4 heteroatoms. The van der Waals surface area contributed by atoms with Crippen LogP contribution >= 0.6 is 11.3 Å². The van der Waals surface area contributed by atoms with Gasteiger partial charge in [-0.2, -0.15) is 5.26 Å². The summed E-state index contributed by atoms with van der Waals surface area (Å²) < 4.78 is 1.14. The molecule has 2 heterocycles. The molecule has 19 heavy (non-hydrogen) atoms. The summed E-state index contributed by atoms with van der Waals surface area (Å²) >= 11 is 1.67. The van der Waals surface area contributed by atoms with Gasteiger partial charge in [-0.1, -0.05) is 12.1 Å². The Hall–Kier alpha value is -2.25. The lowest BCUT2D eigenvalue weighted by Gasteiger charge is -2.03. The molecular weight excluding hydrogens is 254 g/mol. The molecule has 0 unspecified atom stereocenters. The van der Waals surface area contributed by atoms with Crippen molar-refractivity contribution in [3.05, 3.63) is 46.5 Å². The van der Waals surface area contributed by atoms with Crippen LogP contribution in [0.15, 0.2) is 29.6 Å². The summed E-state index contributed by atoms with van der Waals surface area (Å²) in [4.78, 5) is 9.18. The molecule has 0 fully saturated rings. The maximum atomic E-state index is 8.96. The van der Waals surface area contributed by atoms with Crippen molar-refractivity contribution in [3.63, 3.8) is 0 Å². The van der Waals surface area contributed by atoms with Crippen LogP contribution in [0, 0.1) is 25.2 Å². The first-order valence-electron chi connectivity index (χ1n) is 5.92. The third-order valence-corrected chi connectivity index (χ3v) is 4.21. The number of rotatable bonds is 1. The number of nitriles is 1. The minimum Gasteiger partial charge on any atom is -0.232 e. The molecule has 0 radical (unpaired) electrons. The Kier molecular flexibility index (Phi) is 2.77. The van der Waals surface area contributed by atoms with E-state index in [2.05, 4.69) is 28.3 Å². The van der Waals surface area contributed by atoms with Crippen LogP contribution in [0.5, 0.6) is 0 Å². The summed E-state index contributed by atoms with van der Waals surface area (Å²) in [5, 5.41) is 11.1. The SMILES string of the molecule is Cc1csc2c(C)nc(-c3cccc(C#N)c3)nc12. The minimum atomic E-state index is 0.626. The van der Waals surface area contributed by atoms with Crippen LogP contribution in [-0.4, -0.2) is 9.97 Å². The number of fused-ring (bicyclic) bond motifs is 1. The van der Waals surface area contributed by atoms with Gasteiger partial charge in [-0.25, -0.2) is 9.97 Å². The minimum absolute atomic E-state index is 0.626. The smallest absolute Gasteiger partial charge is 0.160 e. The van der Waals surface area contributed by atoms with Gasteiger partial charge in [-0.3, -0.25) is 0 Å². The maximum Gasteiger partial charge on any atom is 0.160 e. The first kappa shape index (κ1) is 11.8. The number of aromatic nitrogens is 2. The molecule has 3 nitrogen and oxygen atoms in total. The molecule has 0 bridgehead atoms. The fourth-order valence-corrected chi connectivity index (χ4v) is 2.97. The van der Waals surface area contributed by atoms with Crippen LogP contribution in [-0.2, 0) is 0 Å². The lowest BCUT2D eigenvalue weighted by atomic mass is 10.1. The highest BCUT2D eigenvalue weighted by atomic mass is 32.1. The number of aryl methyl sites for hydroxylation is 2. The molecule has 2 aromatic heterocycles. The van der Waals surface area contributed by atoms with Crippen molar-refractivity contribution in [2.45, 2.75) is 13.8 Å². The van der Waals surface area contributed by atoms with Crippen LogP contribution in [0.4, 0.5) is 0 Å². The molecule has 0 spiro atoms. The van der Waals surface area contributed by atoms with Crippen molar-refractivity contribution in [1.82, 2.24) is 9.97 Å². The van der Waals surface area contributed by atoms with E-state index in [9.17, 15) is 0 Å². The molecular formula is C15H11N3S. The molecule has 3 rings (SSSR count). The highest BCUT2D eigenvalue weighted by molar-refractivity contribution is 7.17. The molecule has 0 saturated carbocycles. The van der Waals surface area contributed by atoms with Gasteiger partial charge in [-0.15, -0.1) is 11.3 Å². The molecule has 0 aliphatic carbocycles.